The van der Waals surface area contributed by atoms with Gasteiger partial charge in [-0.1, -0.05) is 29.3 Å². The van der Waals surface area contributed by atoms with Crippen LogP contribution in [0.5, 0.6) is 0 Å². The van der Waals surface area contributed by atoms with Crippen LogP contribution in [0.1, 0.15) is 17.0 Å². The predicted molar refractivity (Wildman–Crippen MR) is 72.6 cm³/mol. The summed E-state index contributed by atoms with van der Waals surface area (Å²) in [5, 5.41) is 5.69. The topological polar surface area (TPSA) is 17.8 Å². The summed E-state index contributed by atoms with van der Waals surface area (Å²) >= 11 is 18.0. The summed E-state index contributed by atoms with van der Waals surface area (Å²) in [5.41, 5.74) is 3.50. The second kappa shape index (κ2) is 4.89. The third kappa shape index (κ3) is 2.30. The van der Waals surface area contributed by atoms with Gasteiger partial charge in [0.15, 0.2) is 0 Å². The number of aryl methyl sites for hydroxylation is 1. The summed E-state index contributed by atoms with van der Waals surface area (Å²) in [6.45, 7) is 3.80. The predicted octanol–water partition coefficient (Wildman–Crippen LogP) is 4.53. The highest BCUT2D eigenvalue weighted by Crippen LogP contribution is 2.26. The van der Waals surface area contributed by atoms with E-state index in [1.807, 2.05) is 32.0 Å². The molecule has 0 aliphatic rings. The van der Waals surface area contributed by atoms with Crippen molar-refractivity contribution in [2.45, 2.75) is 19.7 Å². The lowest BCUT2D eigenvalue weighted by molar-refractivity contribution is 0.833. The molecule has 2 nitrogen and oxygen atoms in total. The molecule has 1 aromatic heterocycles. The quantitative estimate of drug-likeness (QED) is 0.742. The van der Waals surface area contributed by atoms with E-state index in [0.29, 0.717) is 15.9 Å². The normalized spacial score (nSPS) is 10.9. The molecule has 0 atom stereocenters. The average molecular weight is 290 g/mol. The third-order valence-electron chi connectivity index (χ3n) is 2.63. The average Bonchev–Trinajstić information content (AvgIpc) is 2.57. The molecule has 0 radical (unpaired) electrons. The molecule has 0 unspecified atom stereocenters. The maximum Gasteiger partial charge on any atom is 0.0848 e. The fraction of sp³-hybridized carbons (Fsp3) is 0.250. The zero-order chi connectivity index (χ0) is 12.6. The standard InChI is InChI=1S/C12H11Cl3N2/c1-7-12(15)8(2)17(16-7)10-4-3-9(6-13)11(14)5-10/h3-5H,6H2,1-2H3. The van der Waals surface area contributed by atoms with Gasteiger partial charge in [0.25, 0.3) is 0 Å². The van der Waals surface area contributed by atoms with Gasteiger partial charge in [-0.15, -0.1) is 11.6 Å². The number of benzene rings is 1. The minimum Gasteiger partial charge on any atom is -0.236 e. The second-order valence-corrected chi connectivity index (χ2v) is 4.86. The Balaban J connectivity index is 2.53. The molecule has 2 aromatic rings. The molecule has 0 bridgehead atoms. The fourth-order valence-electron chi connectivity index (χ4n) is 1.65. The lowest BCUT2D eigenvalue weighted by atomic mass is 10.2. The number of halogens is 3. The second-order valence-electron chi connectivity index (χ2n) is 3.81. The van der Waals surface area contributed by atoms with Crippen LogP contribution < -0.4 is 0 Å². The molecule has 0 fully saturated rings. The highest BCUT2D eigenvalue weighted by atomic mass is 35.5. The van der Waals surface area contributed by atoms with Crippen LogP contribution in [0.25, 0.3) is 5.69 Å². The van der Waals surface area contributed by atoms with E-state index >= 15 is 0 Å². The first kappa shape index (κ1) is 12.7. The largest absolute Gasteiger partial charge is 0.236 e. The van der Waals surface area contributed by atoms with Gasteiger partial charge < -0.3 is 0 Å². The Morgan fingerprint density at radius 1 is 1.24 bits per heavy atom. The van der Waals surface area contributed by atoms with Crippen molar-refractivity contribution in [1.29, 1.82) is 0 Å². The Hall–Kier alpha value is -0.700. The summed E-state index contributed by atoms with van der Waals surface area (Å²) in [4.78, 5) is 0. The molecule has 1 heterocycles. The molecule has 0 aliphatic heterocycles. The molecule has 1 aromatic carbocycles. The molecule has 0 spiro atoms. The number of nitrogens with zero attached hydrogens (tertiary/aromatic N) is 2. The van der Waals surface area contributed by atoms with Crippen LogP contribution in [0, 0.1) is 13.8 Å². The smallest absolute Gasteiger partial charge is 0.0848 e. The van der Waals surface area contributed by atoms with Gasteiger partial charge >= 0.3 is 0 Å². The first-order valence-corrected chi connectivity index (χ1v) is 6.40. The SMILES string of the molecule is Cc1nn(-c2ccc(CCl)c(Cl)c2)c(C)c1Cl. The maximum absolute atomic E-state index is 6.12. The van der Waals surface area contributed by atoms with Crippen LogP contribution in [-0.4, -0.2) is 9.78 Å². The molecule has 0 amide bonds. The Bertz CT molecular complexity index is 561. The third-order valence-corrected chi connectivity index (χ3v) is 3.81. The summed E-state index contributed by atoms with van der Waals surface area (Å²) in [6, 6.07) is 5.67. The van der Waals surface area contributed by atoms with Crippen LogP contribution in [0.4, 0.5) is 0 Å². The van der Waals surface area contributed by atoms with Gasteiger partial charge in [0.2, 0.25) is 0 Å². The monoisotopic (exact) mass is 288 g/mol. The van der Waals surface area contributed by atoms with Gasteiger partial charge in [0.05, 0.1) is 22.1 Å². The van der Waals surface area contributed by atoms with E-state index < -0.39 is 0 Å². The van der Waals surface area contributed by atoms with Gasteiger partial charge in [-0.05, 0) is 31.5 Å². The van der Waals surface area contributed by atoms with Gasteiger partial charge in [0.1, 0.15) is 0 Å². The summed E-state index contributed by atoms with van der Waals surface area (Å²) < 4.78 is 1.78. The Morgan fingerprint density at radius 3 is 2.41 bits per heavy atom. The van der Waals surface area contributed by atoms with E-state index in [0.717, 1.165) is 22.6 Å². The van der Waals surface area contributed by atoms with E-state index in [1.165, 1.54) is 0 Å². The summed E-state index contributed by atoms with van der Waals surface area (Å²) in [6.07, 6.45) is 0. The number of hydrogen-bond acceptors (Lipinski definition) is 1. The number of alkyl halides is 1. The van der Waals surface area contributed by atoms with Crippen LogP contribution in [0.2, 0.25) is 10.0 Å². The van der Waals surface area contributed by atoms with Crippen LogP contribution in [0.15, 0.2) is 18.2 Å². The molecule has 0 saturated carbocycles. The van der Waals surface area contributed by atoms with Crippen molar-refractivity contribution in [3.63, 3.8) is 0 Å². The lowest BCUT2D eigenvalue weighted by Crippen LogP contribution is -1.99. The highest BCUT2D eigenvalue weighted by molar-refractivity contribution is 6.32. The first-order chi connectivity index (χ1) is 8.04. The van der Waals surface area contributed by atoms with Crippen molar-refractivity contribution in [2.24, 2.45) is 0 Å². The summed E-state index contributed by atoms with van der Waals surface area (Å²) in [7, 11) is 0. The zero-order valence-electron chi connectivity index (χ0n) is 9.47. The minimum absolute atomic E-state index is 0.400. The molecule has 2 rings (SSSR count). The van der Waals surface area contributed by atoms with Crippen LogP contribution in [-0.2, 0) is 5.88 Å². The zero-order valence-corrected chi connectivity index (χ0v) is 11.7. The molecule has 0 N–H and O–H groups in total. The summed E-state index contributed by atoms with van der Waals surface area (Å²) in [5.74, 6) is 0.400. The molecule has 0 saturated heterocycles. The van der Waals surface area contributed by atoms with Gasteiger partial charge in [-0.2, -0.15) is 5.10 Å². The van der Waals surface area contributed by atoms with Crippen molar-refractivity contribution in [1.82, 2.24) is 9.78 Å². The van der Waals surface area contributed by atoms with E-state index in [-0.39, 0.29) is 0 Å². The molecule has 0 aliphatic carbocycles. The highest BCUT2D eigenvalue weighted by Gasteiger charge is 2.11. The number of rotatable bonds is 2. The molecular weight excluding hydrogens is 279 g/mol. The fourth-order valence-corrected chi connectivity index (χ4v) is 2.31. The Morgan fingerprint density at radius 2 is 1.94 bits per heavy atom. The van der Waals surface area contributed by atoms with E-state index in [9.17, 15) is 0 Å². The molecule has 17 heavy (non-hydrogen) atoms. The lowest BCUT2D eigenvalue weighted by Gasteiger charge is -2.07. The van der Waals surface area contributed by atoms with Crippen molar-refractivity contribution in [2.75, 3.05) is 0 Å². The molecule has 90 valence electrons. The van der Waals surface area contributed by atoms with Gasteiger partial charge in [-0.3, -0.25) is 0 Å². The number of aromatic nitrogens is 2. The Kier molecular flexibility index (Phi) is 3.67. The van der Waals surface area contributed by atoms with Crippen LogP contribution >= 0.6 is 34.8 Å². The molecular formula is C12H11Cl3N2. The van der Waals surface area contributed by atoms with Crippen LogP contribution in [0.3, 0.4) is 0 Å². The van der Waals surface area contributed by atoms with E-state index in [4.69, 9.17) is 34.8 Å². The van der Waals surface area contributed by atoms with Crippen molar-refractivity contribution in [3.8, 4) is 5.69 Å². The number of hydrogen-bond donors (Lipinski definition) is 0. The van der Waals surface area contributed by atoms with Gasteiger partial charge in [-0.25, -0.2) is 4.68 Å². The van der Waals surface area contributed by atoms with Crippen molar-refractivity contribution < 1.29 is 0 Å². The van der Waals surface area contributed by atoms with E-state index in [2.05, 4.69) is 5.10 Å². The molecule has 5 heteroatoms. The minimum atomic E-state index is 0.400. The van der Waals surface area contributed by atoms with Gasteiger partial charge in [0, 0.05) is 10.9 Å². The Labute approximate surface area is 115 Å². The van der Waals surface area contributed by atoms with Crippen molar-refractivity contribution in [3.05, 3.63) is 45.2 Å². The maximum atomic E-state index is 6.12. The first-order valence-electron chi connectivity index (χ1n) is 5.11. The van der Waals surface area contributed by atoms with Crippen molar-refractivity contribution >= 4 is 34.8 Å². The van der Waals surface area contributed by atoms with E-state index in [1.54, 1.807) is 4.68 Å².